The number of phenols is 2. The van der Waals surface area contributed by atoms with Crippen LogP contribution in [0.5, 0.6) is 11.5 Å². The van der Waals surface area contributed by atoms with E-state index in [2.05, 4.69) is 25.8 Å². The van der Waals surface area contributed by atoms with E-state index < -0.39 is 0 Å². The Morgan fingerprint density at radius 2 is 1.94 bits per heavy atom. The minimum atomic E-state index is 0.00612. The first-order chi connectivity index (χ1) is 8.49. The molecule has 1 atom stereocenters. The first kappa shape index (κ1) is 13.2. The van der Waals surface area contributed by atoms with E-state index in [9.17, 15) is 10.2 Å². The lowest BCUT2D eigenvalue weighted by Crippen LogP contribution is -2.32. The fourth-order valence-electron chi connectivity index (χ4n) is 2.68. The molecule has 0 spiro atoms. The van der Waals surface area contributed by atoms with Crippen LogP contribution in [0.4, 0.5) is 0 Å². The lowest BCUT2D eigenvalue weighted by Gasteiger charge is -2.31. The monoisotopic (exact) mass is 249 g/mol. The minimum absolute atomic E-state index is 0.00612. The third kappa shape index (κ3) is 2.61. The van der Waals surface area contributed by atoms with Crippen molar-refractivity contribution in [2.45, 2.75) is 45.1 Å². The molecule has 2 rings (SSSR count). The van der Waals surface area contributed by atoms with E-state index in [0.717, 1.165) is 25.8 Å². The molecule has 0 radical (unpaired) electrons. The van der Waals surface area contributed by atoms with Gasteiger partial charge in [0.25, 0.3) is 0 Å². The standard InChI is InChI=1S/C15H23NO2/c1-10(2)16(3)9-12-6-4-5-11-7-14(17)15(18)8-13(11)12/h7-8,10,12,17-18H,4-6,9H2,1-3H3. The highest BCUT2D eigenvalue weighted by Gasteiger charge is 2.23. The van der Waals surface area contributed by atoms with E-state index in [4.69, 9.17) is 0 Å². The van der Waals surface area contributed by atoms with Crippen molar-refractivity contribution in [2.75, 3.05) is 13.6 Å². The third-order valence-corrected chi connectivity index (χ3v) is 4.06. The summed E-state index contributed by atoms with van der Waals surface area (Å²) >= 11 is 0. The molecule has 1 unspecified atom stereocenters. The highest BCUT2D eigenvalue weighted by Crippen LogP contribution is 2.38. The number of aryl methyl sites for hydroxylation is 1. The van der Waals surface area contributed by atoms with E-state index in [1.807, 2.05) is 0 Å². The highest BCUT2D eigenvalue weighted by molar-refractivity contribution is 5.47. The average molecular weight is 249 g/mol. The van der Waals surface area contributed by atoms with Crippen LogP contribution in [0.15, 0.2) is 12.1 Å². The van der Waals surface area contributed by atoms with Gasteiger partial charge in [-0.1, -0.05) is 0 Å². The van der Waals surface area contributed by atoms with Gasteiger partial charge in [0.1, 0.15) is 0 Å². The molecule has 1 aromatic rings. The molecule has 100 valence electrons. The van der Waals surface area contributed by atoms with Crippen LogP contribution in [-0.2, 0) is 6.42 Å². The van der Waals surface area contributed by atoms with E-state index in [1.165, 1.54) is 11.1 Å². The Bertz CT molecular complexity index is 429. The fourth-order valence-corrected chi connectivity index (χ4v) is 2.68. The molecular weight excluding hydrogens is 226 g/mol. The van der Waals surface area contributed by atoms with Crippen molar-refractivity contribution >= 4 is 0 Å². The van der Waals surface area contributed by atoms with Gasteiger partial charge in [-0.3, -0.25) is 0 Å². The van der Waals surface area contributed by atoms with Crippen LogP contribution in [0, 0.1) is 0 Å². The molecule has 1 aromatic carbocycles. The Balaban J connectivity index is 2.25. The van der Waals surface area contributed by atoms with Gasteiger partial charge in [-0.25, -0.2) is 0 Å². The van der Waals surface area contributed by atoms with Gasteiger partial charge in [0.2, 0.25) is 0 Å². The molecule has 0 amide bonds. The van der Waals surface area contributed by atoms with Crippen molar-refractivity contribution in [3.63, 3.8) is 0 Å². The zero-order valence-corrected chi connectivity index (χ0v) is 11.5. The number of likely N-dealkylation sites (N-methyl/N-ethyl adjacent to an activating group) is 1. The molecule has 1 aliphatic carbocycles. The van der Waals surface area contributed by atoms with Crippen molar-refractivity contribution in [3.05, 3.63) is 23.3 Å². The molecule has 0 aliphatic heterocycles. The molecule has 3 heteroatoms. The van der Waals surface area contributed by atoms with Crippen LogP contribution >= 0.6 is 0 Å². The maximum atomic E-state index is 9.67. The molecule has 0 heterocycles. The molecule has 3 nitrogen and oxygen atoms in total. The number of hydrogen-bond donors (Lipinski definition) is 2. The maximum Gasteiger partial charge on any atom is 0.157 e. The smallest absolute Gasteiger partial charge is 0.157 e. The summed E-state index contributed by atoms with van der Waals surface area (Å²) in [5.74, 6) is 0.479. The normalized spacial score (nSPS) is 19.3. The zero-order chi connectivity index (χ0) is 13.3. The van der Waals surface area contributed by atoms with Crippen LogP contribution in [0.3, 0.4) is 0 Å². The molecule has 0 bridgehead atoms. The predicted molar refractivity (Wildman–Crippen MR) is 73.2 cm³/mol. The summed E-state index contributed by atoms with van der Waals surface area (Å²) in [5.41, 5.74) is 2.41. The molecule has 18 heavy (non-hydrogen) atoms. The Labute approximate surface area is 109 Å². The number of aromatic hydroxyl groups is 2. The number of rotatable bonds is 3. The minimum Gasteiger partial charge on any atom is -0.504 e. The van der Waals surface area contributed by atoms with Gasteiger partial charge in [0, 0.05) is 12.6 Å². The molecule has 0 saturated heterocycles. The number of hydrogen-bond acceptors (Lipinski definition) is 3. The summed E-state index contributed by atoms with van der Waals surface area (Å²) in [6.07, 6.45) is 3.33. The van der Waals surface area contributed by atoms with Crippen molar-refractivity contribution in [3.8, 4) is 11.5 Å². The molecule has 1 aliphatic rings. The molecule has 0 fully saturated rings. The third-order valence-electron chi connectivity index (χ3n) is 4.06. The number of phenolic OH excluding ortho intramolecular Hbond substituents is 2. The predicted octanol–water partition coefficient (Wildman–Crippen LogP) is 2.86. The van der Waals surface area contributed by atoms with Gasteiger partial charge in [0.15, 0.2) is 11.5 Å². The lowest BCUT2D eigenvalue weighted by molar-refractivity contribution is 0.247. The fraction of sp³-hybridized carbons (Fsp3) is 0.600. The van der Waals surface area contributed by atoms with Crippen LogP contribution in [0.2, 0.25) is 0 Å². The number of nitrogens with zero attached hydrogens (tertiary/aromatic N) is 1. The van der Waals surface area contributed by atoms with Gasteiger partial charge >= 0.3 is 0 Å². The van der Waals surface area contributed by atoms with Gasteiger partial charge in [-0.05, 0) is 69.3 Å². The van der Waals surface area contributed by atoms with Gasteiger partial charge < -0.3 is 15.1 Å². The second kappa shape index (κ2) is 5.19. The second-order valence-electron chi connectivity index (χ2n) is 5.66. The molecule has 0 aromatic heterocycles. The largest absolute Gasteiger partial charge is 0.504 e. The topological polar surface area (TPSA) is 43.7 Å². The van der Waals surface area contributed by atoms with Gasteiger partial charge in [0.05, 0.1) is 0 Å². The number of benzene rings is 1. The quantitative estimate of drug-likeness (QED) is 0.810. The molecule has 2 N–H and O–H groups in total. The van der Waals surface area contributed by atoms with Crippen LogP contribution < -0.4 is 0 Å². The summed E-state index contributed by atoms with van der Waals surface area (Å²) in [6.45, 7) is 5.39. The van der Waals surface area contributed by atoms with Crippen molar-refractivity contribution in [1.29, 1.82) is 0 Å². The number of fused-ring (bicyclic) bond motifs is 1. The van der Waals surface area contributed by atoms with Gasteiger partial charge in [-0.2, -0.15) is 0 Å². The summed E-state index contributed by atoms with van der Waals surface area (Å²) < 4.78 is 0. The van der Waals surface area contributed by atoms with Gasteiger partial charge in [-0.15, -0.1) is 0 Å². The Hall–Kier alpha value is -1.22. The van der Waals surface area contributed by atoms with E-state index in [1.54, 1.807) is 12.1 Å². The van der Waals surface area contributed by atoms with E-state index >= 15 is 0 Å². The summed E-state index contributed by atoms with van der Waals surface area (Å²) in [4.78, 5) is 2.34. The lowest BCUT2D eigenvalue weighted by atomic mass is 9.82. The van der Waals surface area contributed by atoms with E-state index in [-0.39, 0.29) is 11.5 Å². The Morgan fingerprint density at radius 1 is 1.28 bits per heavy atom. The average Bonchev–Trinajstić information content (AvgIpc) is 2.31. The maximum absolute atomic E-state index is 9.67. The highest BCUT2D eigenvalue weighted by atomic mass is 16.3. The SMILES string of the molecule is CC(C)N(C)CC1CCCc2cc(O)c(O)cc21. The van der Waals surface area contributed by atoms with Crippen LogP contribution in [0.1, 0.15) is 43.7 Å². The van der Waals surface area contributed by atoms with Crippen LogP contribution in [0.25, 0.3) is 0 Å². The zero-order valence-electron chi connectivity index (χ0n) is 11.5. The van der Waals surface area contributed by atoms with Crippen molar-refractivity contribution in [1.82, 2.24) is 4.90 Å². The summed E-state index contributed by atoms with van der Waals surface area (Å²) in [6, 6.07) is 4.01. The van der Waals surface area contributed by atoms with Crippen LogP contribution in [-0.4, -0.2) is 34.7 Å². The first-order valence-electron chi connectivity index (χ1n) is 6.74. The summed E-state index contributed by atoms with van der Waals surface area (Å²) in [5, 5.41) is 19.2. The Kier molecular flexibility index (Phi) is 3.81. The second-order valence-corrected chi connectivity index (χ2v) is 5.66. The first-order valence-corrected chi connectivity index (χ1v) is 6.74. The molecular formula is C15H23NO2. The van der Waals surface area contributed by atoms with Crippen molar-refractivity contribution in [2.24, 2.45) is 0 Å². The Morgan fingerprint density at radius 3 is 2.61 bits per heavy atom. The summed E-state index contributed by atoms with van der Waals surface area (Å²) in [7, 11) is 2.14. The van der Waals surface area contributed by atoms with Crippen molar-refractivity contribution < 1.29 is 10.2 Å². The van der Waals surface area contributed by atoms with E-state index in [0.29, 0.717) is 12.0 Å². The molecule has 0 saturated carbocycles.